The third-order valence-electron chi connectivity index (χ3n) is 3.90. The maximum atomic E-state index is 12.4. The van der Waals surface area contributed by atoms with Crippen molar-refractivity contribution < 1.29 is 9.53 Å². The Kier molecular flexibility index (Phi) is 6.82. The summed E-state index contributed by atoms with van der Waals surface area (Å²) in [6.07, 6.45) is 0. The number of thiophene rings is 1. The molecule has 0 aliphatic carbocycles. The Hall–Kier alpha value is -1.85. The van der Waals surface area contributed by atoms with E-state index < -0.39 is 0 Å². The SMILES string of the molecule is COc1ccc([C@@H](NC(=O)CN(C)Cc2ccsc2)C(C)C)cc1. The predicted octanol–water partition coefficient (Wildman–Crippen LogP) is 3.70. The summed E-state index contributed by atoms with van der Waals surface area (Å²) in [5.41, 5.74) is 2.34. The van der Waals surface area contributed by atoms with E-state index in [1.54, 1.807) is 18.4 Å². The van der Waals surface area contributed by atoms with Crippen molar-refractivity contribution in [2.75, 3.05) is 20.7 Å². The van der Waals surface area contributed by atoms with Crippen molar-refractivity contribution >= 4 is 17.2 Å². The molecule has 1 aromatic heterocycles. The Labute approximate surface area is 148 Å². The fraction of sp³-hybridized carbons (Fsp3) is 0.421. The fourth-order valence-electron chi connectivity index (χ4n) is 2.66. The highest BCUT2D eigenvalue weighted by atomic mass is 32.1. The van der Waals surface area contributed by atoms with E-state index in [-0.39, 0.29) is 11.9 Å². The van der Waals surface area contributed by atoms with Gasteiger partial charge < -0.3 is 10.1 Å². The van der Waals surface area contributed by atoms with E-state index >= 15 is 0 Å². The lowest BCUT2D eigenvalue weighted by atomic mass is 9.96. The predicted molar refractivity (Wildman–Crippen MR) is 99.4 cm³/mol. The van der Waals surface area contributed by atoms with E-state index in [0.717, 1.165) is 17.9 Å². The van der Waals surface area contributed by atoms with Crippen LogP contribution in [0.5, 0.6) is 5.75 Å². The van der Waals surface area contributed by atoms with Gasteiger partial charge in [0.1, 0.15) is 5.75 Å². The number of benzene rings is 1. The van der Waals surface area contributed by atoms with Crippen LogP contribution >= 0.6 is 11.3 Å². The van der Waals surface area contributed by atoms with Gasteiger partial charge in [-0.1, -0.05) is 26.0 Å². The van der Waals surface area contributed by atoms with Gasteiger partial charge in [-0.25, -0.2) is 0 Å². The van der Waals surface area contributed by atoms with Gasteiger partial charge in [0.15, 0.2) is 0 Å². The van der Waals surface area contributed by atoms with E-state index in [1.165, 1.54) is 5.56 Å². The first-order valence-corrected chi connectivity index (χ1v) is 9.06. The maximum Gasteiger partial charge on any atom is 0.234 e. The number of carbonyl (C=O) groups is 1. The van der Waals surface area contributed by atoms with Crippen LogP contribution in [0.4, 0.5) is 0 Å². The maximum absolute atomic E-state index is 12.4. The molecular formula is C19H26N2O2S. The van der Waals surface area contributed by atoms with Gasteiger partial charge in [0.05, 0.1) is 19.7 Å². The van der Waals surface area contributed by atoms with Gasteiger partial charge in [-0.15, -0.1) is 0 Å². The van der Waals surface area contributed by atoms with E-state index in [4.69, 9.17) is 4.74 Å². The summed E-state index contributed by atoms with van der Waals surface area (Å²) in [5, 5.41) is 7.33. The first-order chi connectivity index (χ1) is 11.5. The summed E-state index contributed by atoms with van der Waals surface area (Å²) in [7, 11) is 3.62. The number of hydrogen-bond acceptors (Lipinski definition) is 4. The zero-order chi connectivity index (χ0) is 17.5. The largest absolute Gasteiger partial charge is 0.497 e. The summed E-state index contributed by atoms with van der Waals surface area (Å²) in [6.45, 7) is 5.40. The minimum Gasteiger partial charge on any atom is -0.497 e. The van der Waals surface area contributed by atoms with Crippen molar-refractivity contribution in [3.63, 3.8) is 0 Å². The second-order valence-electron chi connectivity index (χ2n) is 6.37. The standard InChI is InChI=1S/C19H26N2O2S/c1-14(2)19(16-5-7-17(23-4)8-6-16)20-18(22)12-21(3)11-15-9-10-24-13-15/h5-10,13-14,19H,11-12H2,1-4H3,(H,20,22)/t19-/m0/s1. The molecule has 0 spiro atoms. The van der Waals surface area contributed by atoms with Gasteiger partial charge >= 0.3 is 0 Å². The number of nitrogens with one attached hydrogen (secondary N) is 1. The summed E-state index contributed by atoms with van der Waals surface area (Å²) in [4.78, 5) is 14.4. The molecule has 24 heavy (non-hydrogen) atoms. The quantitative estimate of drug-likeness (QED) is 0.792. The number of likely N-dealkylation sites (N-methyl/N-ethyl adjacent to an activating group) is 1. The number of hydrogen-bond donors (Lipinski definition) is 1. The molecule has 1 N–H and O–H groups in total. The van der Waals surface area contributed by atoms with Crippen molar-refractivity contribution in [3.05, 3.63) is 52.2 Å². The summed E-state index contributed by atoms with van der Waals surface area (Å²) in [5.74, 6) is 1.18. The first-order valence-electron chi connectivity index (χ1n) is 8.12. The average Bonchev–Trinajstić information content (AvgIpc) is 3.05. The molecule has 1 heterocycles. The van der Waals surface area contributed by atoms with Crippen LogP contribution in [0.1, 0.15) is 31.0 Å². The molecule has 0 unspecified atom stereocenters. The van der Waals surface area contributed by atoms with Gasteiger partial charge in [0.25, 0.3) is 0 Å². The Morgan fingerprint density at radius 1 is 1.25 bits per heavy atom. The van der Waals surface area contributed by atoms with Crippen LogP contribution in [0.25, 0.3) is 0 Å². The molecule has 1 amide bonds. The minimum atomic E-state index is -0.00189. The zero-order valence-electron chi connectivity index (χ0n) is 14.8. The number of carbonyl (C=O) groups excluding carboxylic acids is 1. The lowest BCUT2D eigenvalue weighted by Gasteiger charge is -2.25. The molecular weight excluding hydrogens is 320 g/mol. The molecule has 0 aliphatic rings. The molecule has 1 atom stereocenters. The van der Waals surface area contributed by atoms with E-state index in [0.29, 0.717) is 12.5 Å². The van der Waals surface area contributed by atoms with Gasteiger partial charge in [0.2, 0.25) is 5.91 Å². The number of amides is 1. The van der Waals surface area contributed by atoms with Crippen molar-refractivity contribution in [1.29, 1.82) is 0 Å². The molecule has 0 radical (unpaired) electrons. The molecule has 0 fully saturated rings. The summed E-state index contributed by atoms with van der Waals surface area (Å²) < 4.78 is 5.20. The molecule has 0 bridgehead atoms. The normalized spacial score (nSPS) is 12.4. The zero-order valence-corrected chi connectivity index (χ0v) is 15.6. The van der Waals surface area contributed by atoms with Gasteiger partial charge in [0, 0.05) is 6.54 Å². The van der Waals surface area contributed by atoms with Crippen molar-refractivity contribution in [1.82, 2.24) is 10.2 Å². The summed E-state index contributed by atoms with van der Waals surface area (Å²) in [6, 6.07) is 9.97. The topological polar surface area (TPSA) is 41.6 Å². The molecule has 1 aromatic carbocycles. The van der Waals surface area contributed by atoms with Crippen molar-refractivity contribution in [2.45, 2.75) is 26.4 Å². The van der Waals surface area contributed by atoms with Gasteiger partial charge in [-0.2, -0.15) is 11.3 Å². The third-order valence-corrected chi connectivity index (χ3v) is 4.64. The molecule has 0 saturated carbocycles. The number of rotatable bonds is 8. The molecule has 130 valence electrons. The van der Waals surface area contributed by atoms with Crippen LogP contribution in [0.2, 0.25) is 0 Å². The number of nitrogens with zero attached hydrogens (tertiary/aromatic N) is 1. The Balaban J connectivity index is 1.94. The van der Waals surface area contributed by atoms with E-state index in [9.17, 15) is 4.79 Å². The van der Waals surface area contributed by atoms with Gasteiger partial charge in [-0.3, -0.25) is 9.69 Å². The molecule has 5 heteroatoms. The van der Waals surface area contributed by atoms with E-state index in [2.05, 4.69) is 36.0 Å². The highest BCUT2D eigenvalue weighted by Gasteiger charge is 2.19. The smallest absolute Gasteiger partial charge is 0.234 e. The van der Waals surface area contributed by atoms with E-state index in [1.807, 2.05) is 36.2 Å². The third kappa shape index (κ3) is 5.35. The molecule has 0 saturated heterocycles. The van der Waals surface area contributed by atoms with Gasteiger partial charge in [-0.05, 0) is 53.1 Å². The average molecular weight is 346 g/mol. The number of ether oxygens (including phenoxy) is 1. The fourth-order valence-corrected chi connectivity index (χ4v) is 3.32. The lowest BCUT2D eigenvalue weighted by molar-refractivity contribution is -0.123. The Bertz CT molecular complexity index is 623. The van der Waals surface area contributed by atoms with Crippen LogP contribution in [0, 0.1) is 5.92 Å². The first kappa shape index (κ1) is 18.5. The van der Waals surface area contributed by atoms with Crippen molar-refractivity contribution in [2.24, 2.45) is 5.92 Å². The summed E-state index contributed by atoms with van der Waals surface area (Å²) >= 11 is 1.68. The second-order valence-corrected chi connectivity index (χ2v) is 7.15. The molecule has 0 aliphatic heterocycles. The van der Waals surface area contributed by atoms with Crippen LogP contribution in [-0.4, -0.2) is 31.5 Å². The van der Waals surface area contributed by atoms with Crippen LogP contribution < -0.4 is 10.1 Å². The Morgan fingerprint density at radius 2 is 1.96 bits per heavy atom. The highest BCUT2D eigenvalue weighted by Crippen LogP contribution is 2.23. The molecule has 2 aromatic rings. The van der Waals surface area contributed by atoms with Crippen LogP contribution in [0.3, 0.4) is 0 Å². The van der Waals surface area contributed by atoms with Crippen LogP contribution in [-0.2, 0) is 11.3 Å². The van der Waals surface area contributed by atoms with Crippen molar-refractivity contribution in [3.8, 4) is 5.75 Å². The molecule has 4 nitrogen and oxygen atoms in total. The lowest BCUT2D eigenvalue weighted by Crippen LogP contribution is -2.38. The monoisotopic (exact) mass is 346 g/mol. The highest BCUT2D eigenvalue weighted by molar-refractivity contribution is 7.07. The number of methoxy groups -OCH3 is 1. The Morgan fingerprint density at radius 3 is 2.50 bits per heavy atom. The minimum absolute atomic E-state index is 0.00189. The second kappa shape index (κ2) is 8.85. The van der Waals surface area contributed by atoms with Crippen LogP contribution in [0.15, 0.2) is 41.1 Å². The molecule has 2 rings (SSSR count).